The van der Waals surface area contributed by atoms with E-state index < -0.39 is 5.41 Å². The summed E-state index contributed by atoms with van der Waals surface area (Å²) < 4.78 is 0. The first-order valence-corrected chi connectivity index (χ1v) is 23.2. The molecule has 0 heteroatoms. The van der Waals surface area contributed by atoms with Crippen molar-refractivity contribution in [3.05, 3.63) is 301 Å². The SMILES string of the molecule is c1ccc(-c2cccc(-c3cccc(C4(c5cccc(-c6cccc(-c7ccccc7)c6)c5)c5cc(-c6ccccc6)ccc5-c5c(-c6cccc(-c7ccccc7)c6)cccc54)c3)c2)cc1. The van der Waals surface area contributed by atoms with Crippen LogP contribution in [0.4, 0.5) is 0 Å². The minimum Gasteiger partial charge on any atom is -0.0622 e. The molecule has 0 amide bonds. The summed E-state index contributed by atoms with van der Waals surface area (Å²) in [4.78, 5) is 0. The van der Waals surface area contributed by atoms with Crippen molar-refractivity contribution in [3.8, 4) is 89.0 Å². The lowest BCUT2D eigenvalue weighted by molar-refractivity contribution is 0.769. The molecule has 0 aromatic heterocycles. The Hall–Kier alpha value is -8.58. The summed E-state index contributed by atoms with van der Waals surface area (Å²) in [5.41, 5.74) is 23.6. The number of fused-ring (bicyclic) bond motifs is 3. The lowest BCUT2D eigenvalue weighted by Crippen LogP contribution is -2.28. The molecule has 1 aliphatic rings. The van der Waals surface area contributed by atoms with E-state index in [0.717, 1.165) is 0 Å². The lowest BCUT2D eigenvalue weighted by atomic mass is 9.66. The van der Waals surface area contributed by atoms with Crippen LogP contribution in [0.15, 0.2) is 279 Å². The second kappa shape index (κ2) is 17.1. The summed E-state index contributed by atoms with van der Waals surface area (Å²) in [6, 6.07) is 103. The van der Waals surface area contributed by atoms with E-state index >= 15 is 0 Å². The molecule has 11 aromatic rings. The third-order valence-corrected chi connectivity index (χ3v) is 13.7. The minimum atomic E-state index is -0.692. The van der Waals surface area contributed by atoms with Crippen molar-refractivity contribution in [2.45, 2.75) is 5.41 Å². The van der Waals surface area contributed by atoms with Gasteiger partial charge in [-0.15, -0.1) is 0 Å². The van der Waals surface area contributed by atoms with Gasteiger partial charge in [-0.05, 0) is 148 Å². The molecule has 0 nitrogen and oxygen atoms in total. The molecule has 0 radical (unpaired) electrons. The summed E-state index contributed by atoms with van der Waals surface area (Å²) in [7, 11) is 0. The Kier molecular flexibility index (Phi) is 10.2. The van der Waals surface area contributed by atoms with Crippen LogP contribution in [0.25, 0.3) is 89.0 Å². The highest BCUT2D eigenvalue weighted by atomic mass is 14.5. The monoisotopic (exact) mass is 850 g/mol. The van der Waals surface area contributed by atoms with Crippen LogP contribution in [-0.4, -0.2) is 0 Å². The molecular formula is C67H46. The number of hydrogen-bond acceptors (Lipinski definition) is 0. The van der Waals surface area contributed by atoms with Crippen molar-refractivity contribution in [1.29, 1.82) is 0 Å². The standard InChI is InChI=1S/C67H46/c1-5-19-47(20-6-1)51-27-13-30-54(41-51)56-32-16-35-60(44-56)67(61-36-17-33-57(45-61)55-31-14-28-52(42-55)48-21-7-2-8-22-48)64-38-18-37-62(59-34-15-29-53(43-59)49-23-9-3-10-24-49)66(64)63-40-39-58(46-65(63)67)50-25-11-4-12-26-50/h1-46H. The normalized spacial score (nSPS) is 12.3. The van der Waals surface area contributed by atoms with Crippen molar-refractivity contribution >= 4 is 0 Å². The Bertz CT molecular complexity index is 3420. The predicted octanol–water partition coefficient (Wildman–Crippen LogP) is 17.7. The molecule has 67 heavy (non-hydrogen) atoms. The molecule has 0 heterocycles. The summed E-state index contributed by atoms with van der Waals surface area (Å²) in [6.45, 7) is 0. The zero-order valence-corrected chi connectivity index (χ0v) is 37.1. The van der Waals surface area contributed by atoms with E-state index in [1.807, 2.05) is 0 Å². The third-order valence-electron chi connectivity index (χ3n) is 13.7. The molecule has 0 unspecified atom stereocenters. The van der Waals surface area contributed by atoms with Crippen molar-refractivity contribution < 1.29 is 0 Å². The fraction of sp³-hybridized carbons (Fsp3) is 0.0149. The number of hydrogen-bond donors (Lipinski definition) is 0. The van der Waals surface area contributed by atoms with Crippen LogP contribution in [0.5, 0.6) is 0 Å². The quantitative estimate of drug-likeness (QED) is 0.136. The lowest BCUT2D eigenvalue weighted by Gasteiger charge is -2.35. The Balaban J connectivity index is 1.14. The Morgan fingerprint density at radius 2 is 0.507 bits per heavy atom. The molecule has 0 saturated carbocycles. The molecule has 0 saturated heterocycles. The molecule has 0 bridgehead atoms. The molecule has 0 atom stereocenters. The Morgan fingerprint density at radius 1 is 0.179 bits per heavy atom. The van der Waals surface area contributed by atoms with Crippen LogP contribution >= 0.6 is 0 Å². The van der Waals surface area contributed by atoms with Gasteiger partial charge in [0.2, 0.25) is 0 Å². The molecule has 11 aromatic carbocycles. The smallest absolute Gasteiger partial charge is 0.0622 e. The topological polar surface area (TPSA) is 0 Å². The van der Waals surface area contributed by atoms with Gasteiger partial charge in [0, 0.05) is 0 Å². The Morgan fingerprint density at radius 3 is 0.955 bits per heavy atom. The van der Waals surface area contributed by atoms with Gasteiger partial charge in [-0.2, -0.15) is 0 Å². The zero-order chi connectivity index (χ0) is 44.6. The van der Waals surface area contributed by atoms with Gasteiger partial charge in [0.05, 0.1) is 5.41 Å². The average Bonchev–Trinajstić information content (AvgIpc) is 3.73. The van der Waals surface area contributed by atoms with Crippen molar-refractivity contribution in [2.75, 3.05) is 0 Å². The predicted molar refractivity (Wildman–Crippen MR) is 282 cm³/mol. The van der Waals surface area contributed by atoms with E-state index in [1.54, 1.807) is 0 Å². The highest BCUT2D eigenvalue weighted by molar-refractivity contribution is 5.97. The molecule has 1 aliphatic carbocycles. The first kappa shape index (κ1) is 40.0. The summed E-state index contributed by atoms with van der Waals surface area (Å²) in [5, 5.41) is 0. The van der Waals surface area contributed by atoms with E-state index in [2.05, 4.69) is 279 Å². The second-order valence-electron chi connectivity index (χ2n) is 17.6. The van der Waals surface area contributed by atoms with Crippen LogP contribution < -0.4 is 0 Å². The highest BCUT2D eigenvalue weighted by Crippen LogP contribution is 2.59. The van der Waals surface area contributed by atoms with Gasteiger partial charge in [0.15, 0.2) is 0 Å². The highest BCUT2D eigenvalue weighted by Gasteiger charge is 2.47. The molecule has 0 aliphatic heterocycles. The van der Waals surface area contributed by atoms with E-state index in [0.29, 0.717) is 0 Å². The van der Waals surface area contributed by atoms with E-state index in [-0.39, 0.29) is 0 Å². The second-order valence-corrected chi connectivity index (χ2v) is 17.6. The molecule has 314 valence electrons. The van der Waals surface area contributed by atoms with Crippen molar-refractivity contribution in [3.63, 3.8) is 0 Å². The number of rotatable bonds is 9. The van der Waals surface area contributed by atoms with Gasteiger partial charge in [-0.1, -0.05) is 243 Å². The van der Waals surface area contributed by atoms with Crippen LogP contribution in [0.3, 0.4) is 0 Å². The van der Waals surface area contributed by atoms with Crippen LogP contribution in [0.2, 0.25) is 0 Å². The van der Waals surface area contributed by atoms with E-state index in [4.69, 9.17) is 0 Å². The molecule has 0 N–H and O–H groups in total. The van der Waals surface area contributed by atoms with E-state index in [1.165, 1.54) is 111 Å². The van der Waals surface area contributed by atoms with Crippen molar-refractivity contribution in [2.24, 2.45) is 0 Å². The first-order valence-electron chi connectivity index (χ1n) is 23.2. The fourth-order valence-corrected chi connectivity index (χ4v) is 10.6. The van der Waals surface area contributed by atoms with Crippen molar-refractivity contribution in [1.82, 2.24) is 0 Å². The minimum absolute atomic E-state index is 0.692. The average molecular weight is 851 g/mol. The Labute approximate surface area is 393 Å². The van der Waals surface area contributed by atoms with Crippen LogP contribution in [-0.2, 0) is 5.41 Å². The molecule has 0 fully saturated rings. The third kappa shape index (κ3) is 7.21. The molecular weight excluding hydrogens is 805 g/mol. The fourth-order valence-electron chi connectivity index (χ4n) is 10.6. The van der Waals surface area contributed by atoms with Gasteiger partial charge >= 0.3 is 0 Å². The largest absolute Gasteiger partial charge is 0.0714 e. The maximum Gasteiger partial charge on any atom is 0.0714 e. The van der Waals surface area contributed by atoms with E-state index in [9.17, 15) is 0 Å². The van der Waals surface area contributed by atoms with Gasteiger partial charge in [0.25, 0.3) is 0 Å². The summed E-state index contributed by atoms with van der Waals surface area (Å²) in [5.74, 6) is 0. The van der Waals surface area contributed by atoms with Crippen LogP contribution in [0, 0.1) is 0 Å². The van der Waals surface area contributed by atoms with Crippen LogP contribution in [0.1, 0.15) is 22.3 Å². The summed E-state index contributed by atoms with van der Waals surface area (Å²) >= 11 is 0. The maximum absolute atomic E-state index is 2.49. The van der Waals surface area contributed by atoms with Gasteiger partial charge in [-0.3, -0.25) is 0 Å². The maximum atomic E-state index is 2.49. The van der Waals surface area contributed by atoms with Gasteiger partial charge < -0.3 is 0 Å². The molecule has 12 rings (SSSR count). The van der Waals surface area contributed by atoms with Gasteiger partial charge in [-0.25, -0.2) is 0 Å². The summed E-state index contributed by atoms with van der Waals surface area (Å²) in [6.07, 6.45) is 0. The number of benzene rings is 11. The zero-order valence-electron chi connectivity index (χ0n) is 37.1. The molecule has 0 spiro atoms. The first-order chi connectivity index (χ1) is 33.2. The van der Waals surface area contributed by atoms with Gasteiger partial charge in [0.1, 0.15) is 0 Å².